The van der Waals surface area contributed by atoms with Gasteiger partial charge in [-0.3, -0.25) is 9.59 Å². The minimum absolute atomic E-state index is 0.142. The van der Waals surface area contributed by atoms with Crippen LogP contribution in [0, 0.1) is 11.3 Å². The molecule has 0 saturated heterocycles. The molecule has 0 atom stereocenters. The zero-order valence-electron chi connectivity index (χ0n) is 10.4. The second-order valence-electron chi connectivity index (χ2n) is 4.14. The normalized spacial score (nSPS) is 13.0. The molecule has 2 heterocycles. The monoisotopic (exact) mass is 298 g/mol. The molecule has 1 aromatic heterocycles. The Morgan fingerprint density at radius 3 is 2.33 bits per heavy atom. The van der Waals surface area contributed by atoms with Crippen LogP contribution < -0.4 is 0 Å². The second kappa shape index (κ2) is 4.85. The average Bonchev–Trinajstić information content (AvgIpc) is 3.07. The van der Waals surface area contributed by atoms with Crippen molar-refractivity contribution in [3.05, 3.63) is 57.3 Å². The summed E-state index contributed by atoms with van der Waals surface area (Å²) in [5.41, 5.74) is 0.702. The number of carbonyl (C=O) groups excluding carboxylic acids is 3. The number of hydrogen-bond donors (Lipinski definition) is 0. The third kappa shape index (κ3) is 2.07. The van der Waals surface area contributed by atoms with Crippen LogP contribution >= 0.6 is 11.3 Å². The van der Waals surface area contributed by atoms with Gasteiger partial charge in [-0.15, -0.1) is 11.3 Å². The van der Waals surface area contributed by atoms with Crippen molar-refractivity contribution in [1.82, 2.24) is 5.06 Å². The molecule has 0 N–H and O–H groups in total. The number of carbonyl (C=O) groups is 3. The van der Waals surface area contributed by atoms with Crippen LogP contribution in [0.5, 0.6) is 0 Å². The van der Waals surface area contributed by atoms with Crippen LogP contribution in [0.1, 0.15) is 36.0 Å². The Kier molecular flexibility index (Phi) is 3.01. The lowest BCUT2D eigenvalue weighted by Gasteiger charge is -2.11. The van der Waals surface area contributed by atoms with E-state index in [0.717, 1.165) is 11.3 Å². The number of rotatable bonds is 2. The molecule has 1 aliphatic rings. The van der Waals surface area contributed by atoms with Crippen molar-refractivity contribution < 1.29 is 19.2 Å². The molecule has 0 spiro atoms. The number of imide groups is 1. The summed E-state index contributed by atoms with van der Waals surface area (Å²) in [6.45, 7) is 0. The number of benzene rings is 1. The van der Waals surface area contributed by atoms with Gasteiger partial charge in [-0.2, -0.15) is 5.26 Å². The highest BCUT2D eigenvalue weighted by molar-refractivity contribution is 7.12. The van der Waals surface area contributed by atoms with Gasteiger partial charge in [0, 0.05) is 5.38 Å². The van der Waals surface area contributed by atoms with E-state index < -0.39 is 17.8 Å². The molecule has 2 aromatic rings. The first-order chi connectivity index (χ1) is 10.1. The standard InChI is InChI=1S/C14H6N2O4S/c15-6-8-5-11(21-7-8)14(19)20-16-12(17)9-3-1-2-4-10(9)13(16)18/h1-5,7H. The molecule has 6 nitrogen and oxygen atoms in total. The fourth-order valence-corrected chi connectivity index (χ4v) is 2.58. The van der Waals surface area contributed by atoms with Crippen molar-refractivity contribution in [3.63, 3.8) is 0 Å². The number of hydrogen-bond acceptors (Lipinski definition) is 6. The van der Waals surface area contributed by atoms with Crippen LogP contribution in [0.3, 0.4) is 0 Å². The highest BCUT2D eigenvalue weighted by atomic mass is 32.1. The van der Waals surface area contributed by atoms with E-state index in [1.807, 2.05) is 6.07 Å². The second-order valence-corrected chi connectivity index (χ2v) is 5.05. The number of hydroxylamine groups is 2. The van der Waals surface area contributed by atoms with Gasteiger partial charge >= 0.3 is 5.97 Å². The van der Waals surface area contributed by atoms with E-state index in [0.29, 0.717) is 10.6 Å². The third-order valence-corrected chi connectivity index (χ3v) is 3.77. The van der Waals surface area contributed by atoms with Crippen LogP contribution in [0.4, 0.5) is 0 Å². The van der Waals surface area contributed by atoms with Gasteiger partial charge in [0.25, 0.3) is 11.8 Å². The van der Waals surface area contributed by atoms with Crippen LogP contribution in [0.25, 0.3) is 0 Å². The molecule has 0 saturated carbocycles. The van der Waals surface area contributed by atoms with Gasteiger partial charge in [0.1, 0.15) is 10.9 Å². The van der Waals surface area contributed by atoms with Gasteiger partial charge < -0.3 is 4.84 Å². The van der Waals surface area contributed by atoms with E-state index >= 15 is 0 Å². The first-order valence-electron chi connectivity index (χ1n) is 5.80. The summed E-state index contributed by atoms with van der Waals surface area (Å²) in [5.74, 6) is -2.21. The molecule has 0 radical (unpaired) electrons. The molecule has 0 fully saturated rings. The number of nitriles is 1. The van der Waals surface area contributed by atoms with Crippen molar-refractivity contribution in [1.29, 1.82) is 5.26 Å². The zero-order chi connectivity index (χ0) is 15.0. The summed E-state index contributed by atoms with van der Waals surface area (Å²) < 4.78 is 0. The first-order valence-corrected chi connectivity index (χ1v) is 6.68. The van der Waals surface area contributed by atoms with E-state index in [4.69, 9.17) is 10.1 Å². The van der Waals surface area contributed by atoms with Crippen LogP contribution in [0.15, 0.2) is 35.7 Å². The maximum absolute atomic E-state index is 12.0. The van der Waals surface area contributed by atoms with Gasteiger partial charge in [-0.05, 0) is 18.2 Å². The first kappa shape index (κ1) is 13.0. The summed E-state index contributed by atoms with van der Waals surface area (Å²) in [6.07, 6.45) is 0. The lowest BCUT2D eigenvalue weighted by Crippen LogP contribution is -2.32. The van der Waals surface area contributed by atoms with E-state index in [9.17, 15) is 14.4 Å². The van der Waals surface area contributed by atoms with E-state index in [1.165, 1.54) is 23.6 Å². The maximum atomic E-state index is 12.0. The molecule has 21 heavy (non-hydrogen) atoms. The predicted molar refractivity (Wildman–Crippen MR) is 71.4 cm³/mol. The number of amides is 2. The summed E-state index contributed by atoms with van der Waals surface area (Å²) in [5, 5.41) is 10.6. The molecule has 102 valence electrons. The summed E-state index contributed by atoms with van der Waals surface area (Å²) >= 11 is 1.01. The van der Waals surface area contributed by atoms with Gasteiger partial charge in [0.2, 0.25) is 0 Å². The van der Waals surface area contributed by atoms with E-state index in [2.05, 4.69) is 0 Å². The van der Waals surface area contributed by atoms with E-state index in [1.54, 1.807) is 12.1 Å². The minimum Gasteiger partial charge on any atom is -0.323 e. The van der Waals surface area contributed by atoms with Crippen LogP contribution in [0.2, 0.25) is 0 Å². The molecule has 7 heteroatoms. The predicted octanol–water partition coefficient (Wildman–Crippen LogP) is 1.99. The van der Waals surface area contributed by atoms with E-state index in [-0.39, 0.29) is 16.0 Å². The Balaban J connectivity index is 1.84. The van der Waals surface area contributed by atoms with Crippen molar-refractivity contribution in [2.45, 2.75) is 0 Å². The number of nitrogens with zero attached hydrogens (tertiary/aromatic N) is 2. The van der Waals surface area contributed by atoms with Crippen molar-refractivity contribution >= 4 is 29.1 Å². The fraction of sp³-hybridized carbons (Fsp3) is 0. The summed E-state index contributed by atoms with van der Waals surface area (Å²) in [7, 11) is 0. The Morgan fingerprint density at radius 1 is 1.19 bits per heavy atom. The molecule has 1 aliphatic heterocycles. The SMILES string of the molecule is N#Cc1csc(C(=O)ON2C(=O)c3ccccc3C2=O)c1. The molecule has 2 amide bonds. The molecular weight excluding hydrogens is 292 g/mol. The molecule has 0 aliphatic carbocycles. The molecule has 1 aromatic carbocycles. The molecule has 3 rings (SSSR count). The van der Waals surface area contributed by atoms with Crippen molar-refractivity contribution in [2.75, 3.05) is 0 Å². The quantitative estimate of drug-likeness (QED) is 0.791. The zero-order valence-corrected chi connectivity index (χ0v) is 11.2. The fourth-order valence-electron chi connectivity index (χ4n) is 1.88. The lowest BCUT2D eigenvalue weighted by atomic mass is 10.1. The minimum atomic E-state index is -0.851. The Labute approximate surface area is 122 Å². The summed E-state index contributed by atoms with van der Waals surface area (Å²) in [4.78, 5) is 40.9. The lowest BCUT2D eigenvalue weighted by molar-refractivity contribution is -0.0581. The van der Waals surface area contributed by atoms with Gasteiger partial charge in [-0.25, -0.2) is 4.79 Å². The third-order valence-electron chi connectivity index (χ3n) is 2.86. The Morgan fingerprint density at radius 2 is 1.81 bits per heavy atom. The topological polar surface area (TPSA) is 87.5 Å². The molecule has 0 bridgehead atoms. The summed E-state index contributed by atoms with van der Waals surface area (Å²) in [6, 6.07) is 9.44. The van der Waals surface area contributed by atoms with Crippen molar-refractivity contribution in [2.24, 2.45) is 0 Å². The highest BCUT2D eigenvalue weighted by Crippen LogP contribution is 2.24. The van der Waals surface area contributed by atoms with Crippen LogP contribution in [-0.2, 0) is 4.84 Å². The van der Waals surface area contributed by atoms with Gasteiger partial charge in [0.15, 0.2) is 0 Å². The average molecular weight is 298 g/mol. The molecular formula is C14H6N2O4S. The van der Waals surface area contributed by atoms with Gasteiger partial charge in [-0.1, -0.05) is 17.2 Å². The smallest absolute Gasteiger partial charge is 0.323 e. The Hall–Kier alpha value is -2.98. The number of thiophene rings is 1. The number of fused-ring (bicyclic) bond motifs is 1. The maximum Gasteiger partial charge on any atom is 0.373 e. The molecule has 0 unspecified atom stereocenters. The Bertz CT molecular complexity index is 783. The highest BCUT2D eigenvalue weighted by Gasteiger charge is 2.38. The van der Waals surface area contributed by atoms with Crippen molar-refractivity contribution in [3.8, 4) is 6.07 Å². The van der Waals surface area contributed by atoms with Gasteiger partial charge in [0.05, 0.1) is 16.7 Å². The largest absolute Gasteiger partial charge is 0.373 e. The van der Waals surface area contributed by atoms with Crippen LogP contribution in [-0.4, -0.2) is 22.8 Å².